The number of para-hydroxylation sites is 1. The molecule has 0 aliphatic carbocycles. The molecule has 0 fully saturated rings. The smallest absolute Gasteiger partial charge is 0.146 e. The second-order valence-electron chi connectivity index (χ2n) is 5.27. The molecule has 0 bridgehead atoms. The van der Waals surface area contributed by atoms with Crippen LogP contribution >= 0.6 is 11.3 Å². The fourth-order valence-electron chi connectivity index (χ4n) is 2.45. The van der Waals surface area contributed by atoms with Crippen molar-refractivity contribution in [3.8, 4) is 17.0 Å². The van der Waals surface area contributed by atoms with Gasteiger partial charge in [-0.15, -0.1) is 11.3 Å². The number of fused-ring (bicyclic) bond motifs is 1. The van der Waals surface area contributed by atoms with Crippen molar-refractivity contribution in [1.82, 2.24) is 15.0 Å². The van der Waals surface area contributed by atoms with E-state index in [4.69, 9.17) is 4.74 Å². The quantitative estimate of drug-likeness (QED) is 0.599. The summed E-state index contributed by atoms with van der Waals surface area (Å²) in [5, 5.41) is 3.15. The van der Waals surface area contributed by atoms with Gasteiger partial charge < -0.3 is 9.72 Å². The standard InChI is InChI=1S/C18H15N3OS/c1-12-19-17(11-23-12)13-7-8-15-16(9-13)21-18(20-15)10-22-14-5-3-2-4-6-14/h2-9,11H,10H2,1H3,(H,20,21). The summed E-state index contributed by atoms with van der Waals surface area (Å²) in [7, 11) is 0. The van der Waals surface area contributed by atoms with Gasteiger partial charge in [0.05, 0.1) is 21.7 Å². The van der Waals surface area contributed by atoms with Gasteiger partial charge in [-0.05, 0) is 31.2 Å². The number of aromatic amines is 1. The number of aryl methyl sites for hydroxylation is 1. The number of imidazole rings is 1. The Balaban J connectivity index is 1.58. The highest BCUT2D eigenvalue weighted by Gasteiger charge is 2.07. The Bertz CT molecular complexity index is 943. The lowest BCUT2D eigenvalue weighted by atomic mass is 10.1. The summed E-state index contributed by atoms with van der Waals surface area (Å²) in [5.41, 5.74) is 4.04. The third kappa shape index (κ3) is 2.96. The normalized spacial score (nSPS) is 11.0. The van der Waals surface area contributed by atoms with Gasteiger partial charge in [0.2, 0.25) is 0 Å². The molecule has 2 heterocycles. The number of nitrogens with one attached hydrogen (secondary N) is 1. The van der Waals surface area contributed by atoms with E-state index in [0.29, 0.717) is 6.61 Å². The van der Waals surface area contributed by atoms with Crippen LogP contribution in [0.1, 0.15) is 10.8 Å². The first-order valence-corrected chi connectivity index (χ1v) is 8.25. The lowest BCUT2D eigenvalue weighted by Crippen LogP contribution is -1.96. The highest BCUT2D eigenvalue weighted by atomic mass is 32.1. The van der Waals surface area contributed by atoms with Crippen LogP contribution in [-0.2, 0) is 6.61 Å². The molecule has 0 radical (unpaired) electrons. The first-order chi connectivity index (χ1) is 11.3. The van der Waals surface area contributed by atoms with Gasteiger partial charge in [-0.3, -0.25) is 0 Å². The van der Waals surface area contributed by atoms with Gasteiger partial charge in [-0.2, -0.15) is 0 Å². The number of nitrogens with zero attached hydrogens (tertiary/aromatic N) is 2. The molecule has 0 unspecified atom stereocenters. The van der Waals surface area contributed by atoms with Crippen molar-refractivity contribution in [2.45, 2.75) is 13.5 Å². The maximum absolute atomic E-state index is 5.74. The third-order valence-corrected chi connectivity index (χ3v) is 4.34. The third-order valence-electron chi connectivity index (χ3n) is 3.56. The largest absolute Gasteiger partial charge is 0.486 e. The molecule has 0 aliphatic rings. The van der Waals surface area contributed by atoms with Crippen molar-refractivity contribution in [3.63, 3.8) is 0 Å². The molecule has 4 nitrogen and oxygen atoms in total. The van der Waals surface area contributed by atoms with Gasteiger partial charge in [0.25, 0.3) is 0 Å². The van der Waals surface area contributed by atoms with Crippen molar-refractivity contribution in [3.05, 3.63) is 64.7 Å². The Morgan fingerprint density at radius 3 is 2.74 bits per heavy atom. The molecule has 2 aromatic carbocycles. The van der Waals surface area contributed by atoms with Gasteiger partial charge in [-0.1, -0.05) is 24.3 Å². The number of H-pyrrole nitrogens is 1. The van der Waals surface area contributed by atoms with Crippen LogP contribution in [0.4, 0.5) is 0 Å². The molecule has 0 amide bonds. The van der Waals surface area contributed by atoms with E-state index in [0.717, 1.165) is 38.9 Å². The van der Waals surface area contributed by atoms with Gasteiger partial charge in [0, 0.05) is 10.9 Å². The van der Waals surface area contributed by atoms with Crippen LogP contribution in [0.25, 0.3) is 22.3 Å². The Hall–Kier alpha value is -2.66. The van der Waals surface area contributed by atoms with E-state index in [2.05, 4.69) is 32.5 Å². The first-order valence-electron chi connectivity index (χ1n) is 7.37. The summed E-state index contributed by atoms with van der Waals surface area (Å²) in [4.78, 5) is 12.4. The van der Waals surface area contributed by atoms with E-state index in [-0.39, 0.29) is 0 Å². The van der Waals surface area contributed by atoms with Crippen LogP contribution in [-0.4, -0.2) is 15.0 Å². The first kappa shape index (κ1) is 14.0. The van der Waals surface area contributed by atoms with Gasteiger partial charge in [0.15, 0.2) is 0 Å². The number of ether oxygens (including phenoxy) is 1. The van der Waals surface area contributed by atoms with Crippen molar-refractivity contribution in [1.29, 1.82) is 0 Å². The molecule has 4 aromatic rings. The number of thiazole rings is 1. The molecular formula is C18H15N3OS. The number of aromatic nitrogens is 3. The van der Waals surface area contributed by atoms with Crippen molar-refractivity contribution in [2.75, 3.05) is 0 Å². The monoisotopic (exact) mass is 321 g/mol. The molecule has 0 spiro atoms. The number of benzene rings is 2. The Morgan fingerprint density at radius 2 is 1.96 bits per heavy atom. The van der Waals surface area contributed by atoms with Gasteiger partial charge in [0.1, 0.15) is 18.2 Å². The average Bonchev–Trinajstić information content (AvgIpc) is 3.19. The molecule has 23 heavy (non-hydrogen) atoms. The van der Waals surface area contributed by atoms with E-state index in [1.807, 2.05) is 43.3 Å². The molecule has 0 aliphatic heterocycles. The van der Waals surface area contributed by atoms with Crippen LogP contribution < -0.4 is 4.74 Å². The fourth-order valence-corrected chi connectivity index (χ4v) is 3.08. The fraction of sp³-hybridized carbons (Fsp3) is 0.111. The van der Waals surface area contributed by atoms with Crippen LogP contribution in [0.3, 0.4) is 0 Å². The van der Waals surface area contributed by atoms with E-state index in [9.17, 15) is 0 Å². The zero-order chi connectivity index (χ0) is 15.6. The molecule has 0 saturated heterocycles. The average molecular weight is 321 g/mol. The Morgan fingerprint density at radius 1 is 1.09 bits per heavy atom. The maximum atomic E-state index is 5.74. The topological polar surface area (TPSA) is 50.8 Å². The van der Waals surface area contributed by atoms with Gasteiger partial charge in [-0.25, -0.2) is 9.97 Å². The lowest BCUT2D eigenvalue weighted by Gasteiger charge is -2.02. The highest BCUT2D eigenvalue weighted by Crippen LogP contribution is 2.25. The number of hydrogen-bond acceptors (Lipinski definition) is 4. The molecule has 2 aromatic heterocycles. The number of hydrogen-bond donors (Lipinski definition) is 1. The van der Waals surface area contributed by atoms with Crippen LogP contribution in [0.5, 0.6) is 5.75 Å². The van der Waals surface area contributed by atoms with Crippen LogP contribution in [0, 0.1) is 6.92 Å². The van der Waals surface area contributed by atoms with E-state index in [1.165, 1.54) is 0 Å². The second-order valence-corrected chi connectivity index (χ2v) is 6.33. The SMILES string of the molecule is Cc1nc(-c2ccc3nc(COc4ccccc4)[nH]c3c2)cs1. The minimum Gasteiger partial charge on any atom is -0.486 e. The summed E-state index contributed by atoms with van der Waals surface area (Å²) >= 11 is 1.66. The molecule has 1 N–H and O–H groups in total. The lowest BCUT2D eigenvalue weighted by molar-refractivity contribution is 0.297. The van der Waals surface area contributed by atoms with Crippen molar-refractivity contribution < 1.29 is 4.74 Å². The molecule has 4 rings (SSSR count). The number of rotatable bonds is 4. The summed E-state index contributed by atoms with van der Waals surface area (Å²) in [6.07, 6.45) is 0. The zero-order valence-corrected chi connectivity index (χ0v) is 13.4. The van der Waals surface area contributed by atoms with Crippen LogP contribution in [0.2, 0.25) is 0 Å². The summed E-state index contributed by atoms with van der Waals surface area (Å²) in [6.45, 7) is 2.44. The molecule has 114 valence electrons. The maximum Gasteiger partial charge on any atom is 0.146 e. The van der Waals surface area contributed by atoms with E-state index < -0.39 is 0 Å². The van der Waals surface area contributed by atoms with E-state index >= 15 is 0 Å². The Labute approximate surface area is 137 Å². The summed E-state index contributed by atoms with van der Waals surface area (Å²) in [6, 6.07) is 15.9. The van der Waals surface area contributed by atoms with Crippen LogP contribution in [0.15, 0.2) is 53.9 Å². The molecular weight excluding hydrogens is 306 g/mol. The van der Waals surface area contributed by atoms with E-state index in [1.54, 1.807) is 11.3 Å². The summed E-state index contributed by atoms with van der Waals surface area (Å²) in [5.74, 6) is 1.65. The minimum absolute atomic E-state index is 0.420. The Kier molecular flexibility index (Phi) is 3.55. The van der Waals surface area contributed by atoms with Crippen molar-refractivity contribution >= 4 is 22.4 Å². The second kappa shape index (κ2) is 5.85. The van der Waals surface area contributed by atoms with Crippen molar-refractivity contribution in [2.24, 2.45) is 0 Å². The summed E-state index contributed by atoms with van der Waals surface area (Å²) < 4.78 is 5.74. The molecule has 5 heteroatoms. The van der Waals surface area contributed by atoms with Gasteiger partial charge >= 0.3 is 0 Å². The molecule has 0 atom stereocenters. The molecule has 0 saturated carbocycles. The highest BCUT2D eigenvalue weighted by molar-refractivity contribution is 7.09. The minimum atomic E-state index is 0.420. The zero-order valence-electron chi connectivity index (χ0n) is 12.6. The predicted octanol–water partition coefficient (Wildman–Crippen LogP) is 4.57. The predicted molar refractivity (Wildman–Crippen MR) is 92.7 cm³/mol.